The summed E-state index contributed by atoms with van der Waals surface area (Å²) in [5.74, 6) is 0.159. The quantitative estimate of drug-likeness (QED) is 0.817. The van der Waals surface area contributed by atoms with E-state index in [9.17, 15) is 4.79 Å². The second-order valence-electron chi connectivity index (χ2n) is 4.33. The van der Waals surface area contributed by atoms with Crippen LogP contribution in [-0.4, -0.2) is 23.9 Å². The van der Waals surface area contributed by atoms with Gasteiger partial charge in [-0.2, -0.15) is 0 Å². The van der Waals surface area contributed by atoms with Gasteiger partial charge in [-0.1, -0.05) is 12.8 Å². The first-order valence-electron chi connectivity index (χ1n) is 5.83. The molecule has 1 saturated heterocycles. The van der Waals surface area contributed by atoms with Gasteiger partial charge in [0.2, 0.25) is 0 Å². The Morgan fingerprint density at radius 3 is 2.44 bits per heavy atom. The number of nitrogens with two attached hydrogens (primary N) is 1. The van der Waals surface area contributed by atoms with Gasteiger partial charge in [0, 0.05) is 23.7 Å². The molecular weight excluding hydrogens is 220 g/mol. The van der Waals surface area contributed by atoms with E-state index in [0.29, 0.717) is 0 Å². The predicted molar refractivity (Wildman–Crippen MR) is 67.8 cm³/mol. The number of nitrogens with zero attached hydrogens (tertiary/aromatic N) is 1. The molecule has 16 heavy (non-hydrogen) atoms. The summed E-state index contributed by atoms with van der Waals surface area (Å²) in [4.78, 5) is 16.0. The van der Waals surface area contributed by atoms with E-state index in [1.807, 2.05) is 17.9 Å². The maximum Gasteiger partial charge on any atom is 0.264 e. The Morgan fingerprint density at radius 1 is 1.31 bits per heavy atom. The maximum absolute atomic E-state index is 12.2. The van der Waals surface area contributed by atoms with Crippen molar-refractivity contribution in [2.24, 2.45) is 0 Å². The highest BCUT2D eigenvalue weighted by Gasteiger charge is 2.19. The average Bonchev–Trinajstić information content (AvgIpc) is 2.51. The average molecular weight is 238 g/mol. The second kappa shape index (κ2) is 4.87. The van der Waals surface area contributed by atoms with E-state index in [-0.39, 0.29) is 5.91 Å². The number of aryl methyl sites for hydroxylation is 1. The number of hydrogen-bond acceptors (Lipinski definition) is 3. The lowest BCUT2D eigenvalue weighted by molar-refractivity contribution is 0.0766. The minimum Gasteiger partial charge on any atom is -0.398 e. The maximum atomic E-state index is 12.2. The summed E-state index contributed by atoms with van der Waals surface area (Å²) < 4.78 is 0. The molecule has 0 aliphatic carbocycles. The number of carbonyl (C=O) groups is 1. The predicted octanol–water partition coefficient (Wildman–Crippen LogP) is 2.65. The van der Waals surface area contributed by atoms with Gasteiger partial charge in [-0.15, -0.1) is 11.3 Å². The Hall–Kier alpha value is -1.03. The lowest BCUT2D eigenvalue weighted by Gasteiger charge is -2.19. The van der Waals surface area contributed by atoms with Crippen LogP contribution in [0.25, 0.3) is 0 Å². The van der Waals surface area contributed by atoms with Crippen LogP contribution in [0, 0.1) is 6.92 Å². The van der Waals surface area contributed by atoms with Gasteiger partial charge in [0.05, 0.1) is 4.88 Å². The lowest BCUT2D eigenvalue weighted by Crippen LogP contribution is -2.31. The molecule has 0 saturated carbocycles. The van der Waals surface area contributed by atoms with Crippen LogP contribution in [-0.2, 0) is 0 Å². The molecule has 1 aromatic rings. The number of likely N-dealkylation sites (tertiary alicyclic amines) is 1. The molecule has 0 bridgehead atoms. The van der Waals surface area contributed by atoms with Crippen molar-refractivity contribution in [2.45, 2.75) is 32.6 Å². The van der Waals surface area contributed by atoms with Crippen molar-refractivity contribution in [3.05, 3.63) is 15.8 Å². The minimum absolute atomic E-state index is 0.159. The first kappa shape index (κ1) is 11.5. The third kappa shape index (κ3) is 2.38. The highest BCUT2D eigenvalue weighted by molar-refractivity contribution is 7.14. The van der Waals surface area contributed by atoms with Gasteiger partial charge in [-0.3, -0.25) is 4.79 Å². The number of anilines is 1. The molecular formula is C12H18N2OS. The number of rotatable bonds is 1. The summed E-state index contributed by atoms with van der Waals surface area (Å²) >= 11 is 1.51. The van der Waals surface area contributed by atoms with Crippen molar-refractivity contribution in [3.8, 4) is 0 Å². The first-order chi connectivity index (χ1) is 7.68. The monoisotopic (exact) mass is 238 g/mol. The number of nitrogen functional groups attached to an aromatic ring is 1. The molecule has 1 fully saturated rings. The molecule has 0 aromatic carbocycles. The summed E-state index contributed by atoms with van der Waals surface area (Å²) in [6.07, 6.45) is 4.75. The van der Waals surface area contributed by atoms with Crippen LogP contribution >= 0.6 is 11.3 Å². The third-order valence-corrected chi connectivity index (χ3v) is 4.11. The SMILES string of the molecule is Cc1sc(C(=O)N2CCCCCC2)cc1N. The fourth-order valence-electron chi connectivity index (χ4n) is 2.03. The number of hydrogen-bond donors (Lipinski definition) is 1. The van der Waals surface area contributed by atoms with Crippen LogP contribution in [0.15, 0.2) is 6.07 Å². The van der Waals surface area contributed by atoms with Crippen molar-refractivity contribution in [1.82, 2.24) is 4.90 Å². The summed E-state index contributed by atoms with van der Waals surface area (Å²) in [6.45, 7) is 3.75. The Bertz CT molecular complexity index is 359. The van der Waals surface area contributed by atoms with Crippen LogP contribution < -0.4 is 5.73 Å². The van der Waals surface area contributed by atoms with Crippen LogP contribution in [0.4, 0.5) is 5.69 Å². The van der Waals surface area contributed by atoms with E-state index in [2.05, 4.69) is 0 Å². The zero-order valence-electron chi connectivity index (χ0n) is 9.66. The van der Waals surface area contributed by atoms with Crippen molar-refractivity contribution in [3.63, 3.8) is 0 Å². The molecule has 2 N–H and O–H groups in total. The fourth-order valence-corrected chi connectivity index (χ4v) is 2.94. The molecule has 4 heteroatoms. The Balaban J connectivity index is 2.11. The summed E-state index contributed by atoms with van der Waals surface area (Å²) in [5.41, 5.74) is 6.52. The van der Waals surface area contributed by atoms with Crippen molar-refractivity contribution >= 4 is 22.9 Å². The van der Waals surface area contributed by atoms with Crippen molar-refractivity contribution in [2.75, 3.05) is 18.8 Å². The molecule has 0 radical (unpaired) electrons. The Kier molecular flexibility index (Phi) is 3.49. The van der Waals surface area contributed by atoms with Gasteiger partial charge < -0.3 is 10.6 Å². The van der Waals surface area contributed by atoms with Crippen molar-refractivity contribution < 1.29 is 4.79 Å². The van der Waals surface area contributed by atoms with Gasteiger partial charge >= 0.3 is 0 Å². The minimum atomic E-state index is 0.159. The number of thiophene rings is 1. The van der Waals surface area contributed by atoms with E-state index in [4.69, 9.17) is 5.73 Å². The van der Waals surface area contributed by atoms with Gasteiger partial charge in [-0.25, -0.2) is 0 Å². The Morgan fingerprint density at radius 2 is 1.94 bits per heavy atom. The number of carbonyl (C=O) groups excluding carboxylic acids is 1. The van der Waals surface area contributed by atoms with E-state index in [1.165, 1.54) is 24.2 Å². The molecule has 2 heterocycles. The molecule has 1 aliphatic rings. The summed E-state index contributed by atoms with van der Waals surface area (Å²) in [5, 5.41) is 0. The molecule has 1 aliphatic heterocycles. The summed E-state index contributed by atoms with van der Waals surface area (Å²) in [7, 11) is 0. The zero-order chi connectivity index (χ0) is 11.5. The van der Waals surface area contributed by atoms with Crippen LogP contribution in [0.2, 0.25) is 0 Å². The highest BCUT2D eigenvalue weighted by Crippen LogP contribution is 2.25. The van der Waals surface area contributed by atoms with Gasteiger partial charge in [0.15, 0.2) is 0 Å². The van der Waals surface area contributed by atoms with E-state index < -0.39 is 0 Å². The van der Waals surface area contributed by atoms with E-state index in [1.54, 1.807) is 0 Å². The van der Waals surface area contributed by atoms with Crippen molar-refractivity contribution in [1.29, 1.82) is 0 Å². The smallest absolute Gasteiger partial charge is 0.264 e. The first-order valence-corrected chi connectivity index (χ1v) is 6.65. The zero-order valence-corrected chi connectivity index (χ0v) is 10.5. The molecule has 0 spiro atoms. The molecule has 1 amide bonds. The molecule has 3 nitrogen and oxygen atoms in total. The molecule has 0 unspecified atom stereocenters. The molecule has 1 aromatic heterocycles. The van der Waals surface area contributed by atoms with Crippen LogP contribution in [0.3, 0.4) is 0 Å². The number of amides is 1. The normalized spacial score (nSPS) is 17.2. The topological polar surface area (TPSA) is 46.3 Å². The molecule has 2 rings (SSSR count). The lowest BCUT2D eigenvalue weighted by atomic mass is 10.2. The third-order valence-electron chi connectivity index (χ3n) is 3.06. The van der Waals surface area contributed by atoms with E-state index >= 15 is 0 Å². The fraction of sp³-hybridized carbons (Fsp3) is 0.583. The highest BCUT2D eigenvalue weighted by atomic mass is 32.1. The second-order valence-corrected chi connectivity index (χ2v) is 5.58. The standard InChI is InChI=1S/C12H18N2OS/c1-9-10(13)8-11(16-9)12(15)14-6-4-2-3-5-7-14/h8H,2-7,13H2,1H3. The largest absolute Gasteiger partial charge is 0.398 e. The van der Waals surface area contributed by atoms with Crippen LogP contribution in [0.1, 0.15) is 40.2 Å². The van der Waals surface area contributed by atoms with Crippen LogP contribution in [0.5, 0.6) is 0 Å². The molecule has 88 valence electrons. The van der Waals surface area contributed by atoms with Gasteiger partial charge in [0.1, 0.15) is 0 Å². The van der Waals surface area contributed by atoms with E-state index in [0.717, 1.165) is 41.4 Å². The summed E-state index contributed by atoms with van der Waals surface area (Å²) in [6, 6.07) is 1.81. The molecule has 0 atom stereocenters. The van der Waals surface area contributed by atoms with Gasteiger partial charge in [-0.05, 0) is 25.8 Å². The Labute approximate surface area is 100 Å². The van der Waals surface area contributed by atoms with Gasteiger partial charge in [0.25, 0.3) is 5.91 Å².